The number of carbonyl (C=O) groups is 4. The van der Waals surface area contributed by atoms with E-state index in [1.807, 2.05) is 12.1 Å². The van der Waals surface area contributed by atoms with E-state index in [1.54, 1.807) is 18.2 Å². The van der Waals surface area contributed by atoms with E-state index in [2.05, 4.69) is 16.1 Å². The third-order valence-electron chi connectivity index (χ3n) is 6.45. The normalized spacial score (nSPS) is 19.4. The van der Waals surface area contributed by atoms with Crippen LogP contribution in [0.2, 0.25) is 0 Å². The molecule has 4 N–H and O–H groups in total. The monoisotopic (exact) mass is 539 g/mol. The quantitative estimate of drug-likeness (QED) is 0.405. The van der Waals surface area contributed by atoms with Gasteiger partial charge in [0.15, 0.2) is 11.5 Å². The molecule has 0 bridgehead atoms. The number of amides is 2. The van der Waals surface area contributed by atoms with Crippen molar-refractivity contribution in [1.29, 1.82) is 0 Å². The van der Waals surface area contributed by atoms with Crippen molar-refractivity contribution in [2.75, 3.05) is 6.54 Å². The number of nitrogens with one attached hydrogen (secondary N) is 3. The summed E-state index contributed by atoms with van der Waals surface area (Å²) in [5.41, 5.74) is 3.96. The van der Waals surface area contributed by atoms with Crippen molar-refractivity contribution < 1.29 is 37.9 Å². The van der Waals surface area contributed by atoms with E-state index in [-0.39, 0.29) is 30.0 Å². The molecule has 0 aromatic heterocycles. The lowest BCUT2D eigenvalue weighted by Gasteiger charge is -2.28. The molecule has 2 unspecified atom stereocenters. The van der Waals surface area contributed by atoms with Gasteiger partial charge in [0.1, 0.15) is 17.7 Å². The molecule has 9 nitrogen and oxygen atoms in total. The van der Waals surface area contributed by atoms with Crippen LogP contribution in [0.3, 0.4) is 0 Å². The van der Waals surface area contributed by atoms with E-state index in [1.165, 1.54) is 13.0 Å². The van der Waals surface area contributed by atoms with Gasteiger partial charge in [-0.1, -0.05) is 24.3 Å². The molecular weight excluding hydrogens is 512 g/mol. The summed E-state index contributed by atoms with van der Waals surface area (Å²) in [6.07, 6.45) is 2.73. The number of rotatable bonds is 8. The summed E-state index contributed by atoms with van der Waals surface area (Å²) in [4.78, 5) is 55.9. The minimum absolute atomic E-state index is 0.0901. The maximum atomic E-state index is 13.6. The van der Waals surface area contributed by atoms with Gasteiger partial charge in [-0.2, -0.15) is 5.48 Å². The molecule has 0 radical (unpaired) electrons. The lowest BCUT2D eigenvalue weighted by molar-refractivity contribution is -0.136. The van der Waals surface area contributed by atoms with Crippen LogP contribution < -0.4 is 21.0 Å². The Balaban J connectivity index is 1.50. The number of fused-ring (bicyclic) bond motifs is 1. The number of aliphatic carboxylic acids is 1. The summed E-state index contributed by atoms with van der Waals surface area (Å²) in [5, 5.41) is 14.3. The lowest BCUT2D eigenvalue weighted by Crippen LogP contribution is -2.46. The minimum Gasteiger partial charge on any atom is -0.481 e. The van der Waals surface area contributed by atoms with Crippen molar-refractivity contribution in [3.8, 4) is 5.75 Å². The van der Waals surface area contributed by atoms with Crippen molar-refractivity contribution in [2.45, 2.75) is 38.1 Å². The number of carboxylic acid groups (broad SMARTS) is 1. The van der Waals surface area contributed by atoms with Gasteiger partial charge in [-0.15, -0.1) is 0 Å². The molecule has 0 saturated heterocycles. The van der Waals surface area contributed by atoms with E-state index < -0.39 is 47.2 Å². The number of para-hydroxylation sites is 1. The average molecular weight is 540 g/mol. The van der Waals surface area contributed by atoms with Gasteiger partial charge in [0.05, 0.1) is 18.5 Å². The van der Waals surface area contributed by atoms with Crippen molar-refractivity contribution in [3.63, 3.8) is 0 Å². The van der Waals surface area contributed by atoms with Gasteiger partial charge in [0.25, 0.3) is 0 Å². The third kappa shape index (κ3) is 6.94. The Bertz CT molecular complexity index is 1350. The highest BCUT2D eigenvalue weighted by molar-refractivity contribution is 6.04. The first-order chi connectivity index (χ1) is 18.6. The zero-order valence-electron chi connectivity index (χ0n) is 21.0. The van der Waals surface area contributed by atoms with Crippen molar-refractivity contribution in [2.24, 2.45) is 5.92 Å². The molecule has 2 aromatic carbocycles. The zero-order chi connectivity index (χ0) is 28.1. The fourth-order valence-electron chi connectivity index (χ4n) is 4.72. The van der Waals surface area contributed by atoms with Crippen LogP contribution in [0.4, 0.5) is 8.78 Å². The standard InChI is InChI=1S/C28H27F2N3O6/c1-15(32-25(34)12-16-8-18(29)14-19(30)9-16)28(38)33-23-11-17(13-26(35)36)10-22(27(23)37)20-6-7-31-39-24-5-3-2-4-21(20)24/h2-5,8-11,14-15,20,22,31H,6-7,12-13H2,1H3,(H,32,34)(H,33,38)(H,35,36)/t15-,20?,22?/m1/s1. The Morgan fingerprint density at radius 2 is 1.85 bits per heavy atom. The minimum atomic E-state index is -1.10. The van der Waals surface area contributed by atoms with Gasteiger partial charge in [-0.25, -0.2) is 8.78 Å². The topological polar surface area (TPSA) is 134 Å². The van der Waals surface area contributed by atoms with Gasteiger partial charge in [0, 0.05) is 30.0 Å². The maximum absolute atomic E-state index is 13.6. The first kappa shape index (κ1) is 27.6. The number of halogens is 2. The summed E-state index contributed by atoms with van der Waals surface area (Å²) < 4.78 is 26.8. The second kappa shape index (κ2) is 12.0. The van der Waals surface area contributed by atoms with Crippen LogP contribution in [0.5, 0.6) is 5.75 Å². The predicted molar refractivity (Wildman–Crippen MR) is 135 cm³/mol. The number of benzene rings is 2. The van der Waals surface area contributed by atoms with Gasteiger partial charge >= 0.3 is 5.97 Å². The fraction of sp³-hybridized carbons (Fsp3) is 0.286. The summed E-state index contributed by atoms with van der Waals surface area (Å²) in [7, 11) is 0. The molecule has 0 fully saturated rings. The molecule has 204 valence electrons. The van der Waals surface area contributed by atoms with Gasteiger partial charge in [-0.05, 0) is 48.8 Å². The third-order valence-corrected chi connectivity index (χ3v) is 6.45. The number of hydrogen-bond acceptors (Lipinski definition) is 6. The summed E-state index contributed by atoms with van der Waals surface area (Å²) in [5.74, 6) is -5.10. The number of Topliss-reactive ketones (excluding diaryl/α,β-unsaturated/α-hetero) is 1. The van der Waals surface area contributed by atoms with Crippen molar-refractivity contribution >= 4 is 23.6 Å². The predicted octanol–water partition coefficient (Wildman–Crippen LogP) is 2.68. The summed E-state index contributed by atoms with van der Waals surface area (Å²) in [6.45, 7) is 1.83. The molecule has 1 aliphatic carbocycles. The van der Waals surface area contributed by atoms with Crippen molar-refractivity contribution in [1.82, 2.24) is 16.1 Å². The molecule has 2 aromatic rings. The summed E-state index contributed by atoms with van der Waals surface area (Å²) in [6, 6.07) is 8.82. The van der Waals surface area contributed by atoms with E-state index in [0.717, 1.165) is 17.7 Å². The van der Waals surface area contributed by atoms with Crippen molar-refractivity contribution in [3.05, 3.63) is 88.6 Å². The highest BCUT2D eigenvalue weighted by Crippen LogP contribution is 2.39. The number of carboxylic acids is 1. The molecule has 4 rings (SSSR count). The van der Waals surface area contributed by atoms with E-state index in [9.17, 15) is 33.1 Å². The molecule has 11 heteroatoms. The van der Waals surface area contributed by atoms with E-state index in [4.69, 9.17) is 4.84 Å². The highest BCUT2D eigenvalue weighted by atomic mass is 19.1. The largest absolute Gasteiger partial charge is 0.481 e. The van der Waals surface area contributed by atoms with Crippen LogP contribution in [0.1, 0.15) is 36.8 Å². The van der Waals surface area contributed by atoms with Crippen LogP contribution in [-0.2, 0) is 25.6 Å². The molecule has 1 aliphatic heterocycles. The zero-order valence-corrected chi connectivity index (χ0v) is 21.0. The van der Waals surface area contributed by atoms with Gasteiger partial charge in [0.2, 0.25) is 11.8 Å². The average Bonchev–Trinajstić information content (AvgIpc) is 3.07. The first-order valence-electron chi connectivity index (χ1n) is 12.3. The Kier molecular flexibility index (Phi) is 8.50. The lowest BCUT2D eigenvalue weighted by atomic mass is 9.76. The summed E-state index contributed by atoms with van der Waals surface area (Å²) >= 11 is 0. The van der Waals surface area contributed by atoms with Crippen LogP contribution in [0, 0.1) is 17.6 Å². The Labute approximate surface area is 222 Å². The van der Waals surface area contributed by atoms with E-state index >= 15 is 0 Å². The maximum Gasteiger partial charge on any atom is 0.307 e. The number of ketones is 1. The Morgan fingerprint density at radius 1 is 1.13 bits per heavy atom. The van der Waals surface area contributed by atoms with E-state index in [0.29, 0.717) is 30.4 Å². The number of carbonyl (C=O) groups excluding carboxylic acids is 3. The smallest absolute Gasteiger partial charge is 0.307 e. The fourth-order valence-corrected chi connectivity index (χ4v) is 4.72. The van der Waals surface area contributed by atoms with Gasteiger partial charge in [-0.3, -0.25) is 19.2 Å². The number of allylic oxidation sites excluding steroid dienone is 3. The van der Waals surface area contributed by atoms with Crippen LogP contribution >= 0.6 is 0 Å². The SMILES string of the molecule is C[C@@H](NC(=O)Cc1cc(F)cc(F)c1)C(=O)NC1=CC(CC(=O)O)=CC(C2CCNOc3ccccc32)C1=O. The molecule has 1 heterocycles. The second-order valence-electron chi connectivity index (χ2n) is 9.42. The van der Waals surface area contributed by atoms with Crippen LogP contribution in [0.15, 0.2) is 65.9 Å². The van der Waals surface area contributed by atoms with Crippen LogP contribution in [0.25, 0.3) is 0 Å². The van der Waals surface area contributed by atoms with Crippen LogP contribution in [-0.4, -0.2) is 41.3 Å². The molecule has 2 aliphatic rings. The Morgan fingerprint density at radius 3 is 2.56 bits per heavy atom. The van der Waals surface area contributed by atoms with Gasteiger partial charge < -0.3 is 20.6 Å². The first-order valence-corrected chi connectivity index (χ1v) is 12.3. The molecule has 0 spiro atoms. The number of hydroxylamine groups is 1. The highest BCUT2D eigenvalue weighted by Gasteiger charge is 2.36. The second-order valence-corrected chi connectivity index (χ2v) is 9.42. The Hall–Kier alpha value is -4.38. The molecule has 39 heavy (non-hydrogen) atoms. The molecule has 3 atom stereocenters. The number of hydrogen-bond donors (Lipinski definition) is 4. The molecule has 2 amide bonds. The molecular formula is C28H27F2N3O6. The molecule has 0 saturated carbocycles.